The van der Waals surface area contributed by atoms with Crippen molar-refractivity contribution in [2.24, 2.45) is 0 Å². The van der Waals surface area contributed by atoms with Gasteiger partial charge in [0.05, 0.1) is 13.4 Å². The minimum Gasteiger partial charge on any atom is -0.493 e. The SMILES string of the molecule is COc1ccoc1C(C)(C)C. The van der Waals surface area contributed by atoms with Crippen LogP contribution in [0, 0.1) is 0 Å². The molecule has 0 saturated heterocycles. The van der Waals surface area contributed by atoms with Gasteiger partial charge in [0, 0.05) is 11.5 Å². The molecule has 0 spiro atoms. The van der Waals surface area contributed by atoms with Crippen LogP contribution in [-0.4, -0.2) is 7.11 Å². The van der Waals surface area contributed by atoms with Crippen LogP contribution in [0.4, 0.5) is 0 Å². The molecule has 11 heavy (non-hydrogen) atoms. The Morgan fingerprint density at radius 2 is 2.00 bits per heavy atom. The van der Waals surface area contributed by atoms with Crippen molar-refractivity contribution < 1.29 is 9.15 Å². The van der Waals surface area contributed by atoms with E-state index < -0.39 is 0 Å². The van der Waals surface area contributed by atoms with Gasteiger partial charge in [-0.05, 0) is 0 Å². The Kier molecular flexibility index (Phi) is 1.94. The summed E-state index contributed by atoms with van der Waals surface area (Å²) in [6.45, 7) is 6.27. The molecule has 0 aromatic carbocycles. The highest BCUT2D eigenvalue weighted by Crippen LogP contribution is 2.31. The monoisotopic (exact) mass is 154 g/mol. The maximum Gasteiger partial charge on any atom is 0.160 e. The minimum absolute atomic E-state index is 0.0227. The molecule has 0 aliphatic carbocycles. The number of methoxy groups -OCH3 is 1. The molecule has 1 rings (SSSR count). The van der Waals surface area contributed by atoms with E-state index in [-0.39, 0.29) is 5.41 Å². The second-order valence-corrected chi connectivity index (χ2v) is 3.57. The first-order valence-electron chi connectivity index (χ1n) is 3.67. The molecular weight excluding hydrogens is 140 g/mol. The summed E-state index contributed by atoms with van der Waals surface area (Å²) in [4.78, 5) is 0. The van der Waals surface area contributed by atoms with Crippen LogP contribution in [0.5, 0.6) is 5.75 Å². The molecule has 0 fully saturated rings. The summed E-state index contributed by atoms with van der Waals surface area (Å²) in [7, 11) is 1.65. The van der Waals surface area contributed by atoms with Gasteiger partial charge in [0.25, 0.3) is 0 Å². The molecule has 0 aliphatic rings. The summed E-state index contributed by atoms with van der Waals surface area (Å²) in [6.07, 6.45) is 1.65. The van der Waals surface area contributed by atoms with Crippen LogP contribution in [0.15, 0.2) is 16.7 Å². The molecule has 1 aromatic rings. The van der Waals surface area contributed by atoms with Gasteiger partial charge in [0.1, 0.15) is 0 Å². The van der Waals surface area contributed by atoms with Crippen LogP contribution >= 0.6 is 0 Å². The molecule has 0 bridgehead atoms. The average Bonchev–Trinajstić information content (AvgIpc) is 2.31. The number of rotatable bonds is 1. The van der Waals surface area contributed by atoms with E-state index in [0.29, 0.717) is 0 Å². The van der Waals surface area contributed by atoms with Crippen molar-refractivity contribution >= 4 is 0 Å². The van der Waals surface area contributed by atoms with Crippen molar-refractivity contribution in [2.75, 3.05) is 7.11 Å². The zero-order valence-electron chi connectivity index (χ0n) is 7.47. The van der Waals surface area contributed by atoms with Gasteiger partial charge in [0.15, 0.2) is 11.5 Å². The van der Waals surface area contributed by atoms with E-state index in [1.54, 1.807) is 13.4 Å². The van der Waals surface area contributed by atoms with Crippen LogP contribution in [0.1, 0.15) is 26.5 Å². The highest BCUT2D eigenvalue weighted by Gasteiger charge is 2.21. The van der Waals surface area contributed by atoms with Gasteiger partial charge >= 0.3 is 0 Å². The lowest BCUT2D eigenvalue weighted by Crippen LogP contribution is -2.10. The van der Waals surface area contributed by atoms with Gasteiger partial charge in [-0.1, -0.05) is 20.8 Å². The molecule has 0 radical (unpaired) electrons. The quantitative estimate of drug-likeness (QED) is 0.620. The van der Waals surface area contributed by atoms with E-state index >= 15 is 0 Å². The Balaban J connectivity index is 3.02. The van der Waals surface area contributed by atoms with Gasteiger partial charge in [-0.15, -0.1) is 0 Å². The number of ether oxygens (including phenoxy) is 1. The second kappa shape index (κ2) is 2.61. The molecule has 0 unspecified atom stereocenters. The molecule has 0 amide bonds. The Morgan fingerprint density at radius 3 is 2.36 bits per heavy atom. The number of hydrogen-bond acceptors (Lipinski definition) is 2. The number of furan rings is 1. The fourth-order valence-electron chi connectivity index (χ4n) is 1.00. The maximum atomic E-state index is 5.29. The minimum atomic E-state index is 0.0227. The third-order valence-electron chi connectivity index (χ3n) is 1.53. The highest BCUT2D eigenvalue weighted by molar-refractivity contribution is 5.29. The van der Waals surface area contributed by atoms with Gasteiger partial charge in [-0.2, -0.15) is 0 Å². The Labute approximate surface area is 67.2 Å². The molecular formula is C9H14O2. The van der Waals surface area contributed by atoms with Gasteiger partial charge in [-0.25, -0.2) is 0 Å². The van der Waals surface area contributed by atoms with Crippen LogP contribution in [0.25, 0.3) is 0 Å². The first-order chi connectivity index (χ1) is 5.05. The number of hydrogen-bond donors (Lipinski definition) is 0. The molecule has 0 aliphatic heterocycles. The van der Waals surface area contributed by atoms with Crippen molar-refractivity contribution in [3.63, 3.8) is 0 Å². The molecule has 2 nitrogen and oxygen atoms in total. The lowest BCUT2D eigenvalue weighted by molar-refractivity contribution is 0.351. The standard InChI is InChI=1S/C9H14O2/c1-9(2,3)8-7(10-4)5-6-11-8/h5-6H,1-4H3. The van der Waals surface area contributed by atoms with Crippen molar-refractivity contribution in [1.29, 1.82) is 0 Å². The normalized spacial score (nSPS) is 11.6. The summed E-state index contributed by atoms with van der Waals surface area (Å²) in [5.41, 5.74) is 0.0227. The zero-order valence-corrected chi connectivity index (χ0v) is 7.47. The summed E-state index contributed by atoms with van der Waals surface area (Å²) in [5, 5.41) is 0. The highest BCUT2D eigenvalue weighted by atomic mass is 16.5. The van der Waals surface area contributed by atoms with Gasteiger partial charge < -0.3 is 9.15 Å². The predicted octanol–water partition coefficient (Wildman–Crippen LogP) is 2.59. The Bertz CT molecular complexity index is 230. The maximum absolute atomic E-state index is 5.29. The van der Waals surface area contributed by atoms with Crippen LogP contribution in [0.3, 0.4) is 0 Å². The van der Waals surface area contributed by atoms with E-state index in [2.05, 4.69) is 20.8 Å². The van der Waals surface area contributed by atoms with Gasteiger partial charge in [0.2, 0.25) is 0 Å². The average molecular weight is 154 g/mol. The molecule has 62 valence electrons. The smallest absolute Gasteiger partial charge is 0.160 e. The van der Waals surface area contributed by atoms with E-state index in [1.165, 1.54) is 0 Å². The molecule has 0 atom stereocenters. The van der Waals surface area contributed by atoms with E-state index in [4.69, 9.17) is 9.15 Å². The molecule has 1 heterocycles. The first-order valence-corrected chi connectivity index (χ1v) is 3.67. The van der Waals surface area contributed by atoms with Crippen LogP contribution < -0.4 is 4.74 Å². The van der Waals surface area contributed by atoms with E-state index in [0.717, 1.165) is 11.5 Å². The molecule has 1 aromatic heterocycles. The van der Waals surface area contributed by atoms with Crippen molar-refractivity contribution in [3.05, 3.63) is 18.1 Å². The van der Waals surface area contributed by atoms with Crippen LogP contribution in [0.2, 0.25) is 0 Å². The van der Waals surface area contributed by atoms with Crippen molar-refractivity contribution in [3.8, 4) is 5.75 Å². The first kappa shape index (κ1) is 8.18. The zero-order chi connectivity index (χ0) is 8.48. The van der Waals surface area contributed by atoms with Gasteiger partial charge in [-0.3, -0.25) is 0 Å². The summed E-state index contributed by atoms with van der Waals surface area (Å²) in [6, 6.07) is 1.83. The Morgan fingerprint density at radius 1 is 1.36 bits per heavy atom. The van der Waals surface area contributed by atoms with Crippen molar-refractivity contribution in [2.45, 2.75) is 26.2 Å². The summed E-state index contributed by atoms with van der Waals surface area (Å²) >= 11 is 0. The third-order valence-corrected chi connectivity index (χ3v) is 1.53. The molecule has 0 saturated carbocycles. The van der Waals surface area contributed by atoms with E-state index in [9.17, 15) is 0 Å². The lowest BCUT2D eigenvalue weighted by atomic mass is 9.93. The van der Waals surface area contributed by atoms with Crippen LogP contribution in [-0.2, 0) is 5.41 Å². The predicted molar refractivity (Wildman–Crippen MR) is 44.0 cm³/mol. The summed E-state index contributed by atoms with van der Waals surface area (Å²) in [5.74, 6) is 1.73. The van der Waals surface area contributed by atoms with E-state index in [1.807, 2.05) is 6.07 Å². The topological polar surface area (TPSA) is 22.4 Å². The van der Waals surface area contributed by atoms with Crippen molar-refractivity contribution in [1.82, 2.24) is 0 Å². The fraction of sp³-hybridized carbons (Fsp3) is 0.556. The third kappa shape index (κ3) is 1.56. The Hall–Kier alpha value is -0.920. The lowest BCUT2D eigenvalue weighted by Gasteiger charge is -2.15. The fourth-order valence-corrected chi connectivity index (χ4v) is 1.00. The second-order valence-electron chi connectivity index (χ2n) is 3.57. The molecule has 0 N–H and O–H groups in total. The largest absolute Gasteiger partial charge is 0.493 e. The molecule has 2 heteroatoms. The summed E-state index contributed by atoms with van der Waals surface area (Å²) < 4.78 is 10.4.